The van der Waals surface area contributed by atoms with E-state index in [1.807, 2.05) is 0 Å². The lowest BCUT2D eigenvalue weighted by Crippen LogP contribution is -2.43. The zero-order valence-corrected chi connectivity index (χ0v) is 8.51. The van der Waals surface area contributed by atoms with E-state index in [-0.39, 0.29) is 6.29 Å². The molecule has 1 aliphatic rings. The molecule has 1 fully saturated rings. The minimum atomic E-state index is -0.116. The van der Waals surface area contributed by atoms with Gasteiger partial charge in [0.1, 0.15) is 0 Å². The van der Waals surface area contributed by atoms with Gasteiger partial charge in [0.05, 0.1) is 0 Å². The monoisotopic (exact) mass is 188 g/mol. The standard InChI is InChI=1S/C9H20N2O2/c1-12-9(13-2)7-11-8-3-5-10-6-4-8/h8-11H,3-7H2,1-2H3. The minimum Gasteiger partial charge on any atom is -0.355 e. The molecule has 4 nitrogen and oxygen atoms in total. The summed E-state index contributed by atoms with van der Waals surface area (Å²) in [4.78, 5) is 0. The van der Waals surface area contributed by atoms with Crippen LogP contribution in [0.25, 0.3) is 0 Å². The van der Waals surface area contributed by atoms with Crippen LogP contribution in [-0.4, -0.2) is 46.2 Å². The van der Waals surface area contributed by atoms with Crippen molar-refractivity contribution >= 4 is 0 Å². The number of ether oxygens (including phenoxy) is 2. The van der Waals surface area contributed by atoms with Gasteiger partial charge in [0.2, 0.25) is 0 Å². The first-order valence-corrected chi connectivity index (χ1v) is 4.86. The molecule has 0 aromatic carbocycles. The van der Waals surface area contributed by atoms with E-state index in [0.29, 0.717) is 6.04 Å². The Labute approximate surface area is 80.0 Å². The zero-order chi connectivity index (χ0) is 9.52. The highest BCUT2D eigenvalue weighted by Gasteiger charge is 2.13. The van der Waals surface area contributed by atoms with E-state index in [0.717, 1.165) is 19.6 Å². The highest BCUT2D eigenvalue weighted by molar-refractivity contribution is 4.74. The van der Waals surface area contributed by atoms with Gasteiger partial charge in [-0.05, 0) is 25.9 Å². The summed E-state index contributed by atoms with van der Waals surface area (Å²) in [5, 5.41) is 6.76. The van der Waals surface area contributed by atoms with E-state index < -0.39 is 0 Å². The Balaban J connectivity index is 2.09. The molecule has 0 amide bonds. The second kappa shape index (κ2) is 6.32. The van der Waals surface area contributed by atoms with Crippen LogP contribution in [0.2, 0.25) is 0 Å². The molecule has 4 heteroatoms. The number of rotatable bonds is 5. The minimum absolute atomic E-state index is 0.116. The van der Waals surface area contributed by atoms with Gasteiger partial charge in [-0.15, -0.1) is 0 Å². The second-order valence-electron chi connectivity index (χ2n) is 3.33. The van der Waals surface area contributed by atoms with E-state index in [9.17, 15) is 0 Å². The first-order valence-electron chi connectivity index (χ1n) is 4.86. The topological polar surface area (TPSA) is 42.5 Å². The van der Waals surface area contributed by atoms with Crippen molar-refractivity contribution in [1.29, 1.82) is 0 Å². The largest absolute Gasteiger partial charge is 0.355 e. The van der Waals surface area contributed by atoms with Crippen molar-refractivity contribution in [1.82, 2.24) is 10.6 Å². The van der Waals surface area contributed by atoms with Crippen LogP contribution in [0.5, 0.6) is 0 Å². The van der Waals surface area contributed by atoms with Gasteiger partial charge in [0.25, 0.3) is 0 Å². The molecule has 0 unspecified atom stereocenters. The SMILES string of the molecule is COC(CNC1CCNCC1)OC. The van der Waals surface area contributed by atoms with Crippen LogP contribution in [0, 0.1) is 0 Å². The van der Waals surface area contributed by atoms with Gasteiger partial charge in [-0.3, -0.25) is 0 Å². The van der Waals surface area contributed by atoms with E-state index in [1.54, 1.807) is 14.2 Å². The molecule has 1 rings (SSSR count). The summed E-state index contributed by atoms with van der Waals surface area (Å²) < 4.78 is 10.2. The van der Waals surface area contributed by atoms with Crippen LogP contribution in [-0.2, 0) is 9.47 Å². The van der Waals surface area contributed by atoms with Gasteiger partial charge in [0.15, 0.2) is 6.29 Å². The molecule has 1 heterocycles. The molecule has 0 aliphatic carbocycles. The molecule has 0 aromatic rings. The maximum atomic E-state index is 5.09. The Morgan fingerprint density at radius 2 is 1.92 bits per heavy atom. The smallest absolute Gasteiger partial charge is 0.169 e. The molecule has 1 aliphatic heterocycles. The first kappa shape index (κ1) is 10.9. The average Bonchev–Trinajstić information content (AvgIpc) is 2.21. The van der Waals surface area contributed by atoms with Crippen molar-refractivity contribution in [2.45, 2.75) is 25.2 Å². The summed E-state index contributed by atoms with van der Waals surface area (Å²) in [6, 6.07) is 0.619. The Kier molecular flexibility index (Phi) is 5.31. The van der Waals surface area contributed by atoms with Crippen molar-refractivity contribution in [3.63, 3.8) is 0 Å². The molecule has 78 valence electrons. The van der Waals surface area contributed by atoms with Gasteiger partial charge in [-0.25, -0.2) is 0 Å². The van der Waals surface area contributed by atoms with Gasteiger partial charge in [-0.1, -0.05) is 0 Å². The quantitative estimate of drug-likeness (QED) is 0.594. The second-order valence-corrected chi connectivity index (χ2v) is 3.33. The molecule has 13 heavy (non-hydrogen) atoms. The normalized spacial score (nSPS) is 19.6. The molecular weight excluding hydrogens is 168 g/mol. The Hall–Kier alpha value is -0.160. The van der Waals surface area contributed by atoms with Gasteiger partial charge in [-0.2, -0.15) is 0 Å². The van der Waals surface area contributed by atoms with Crippen LogP contribution >= 0.6 is 0 Å². The van der Waals surface area contributed by atoms with Crippen molar-refractivity contribution < 1.29 is 9.47 Å². The van der Waals surface area contributed by atoms with Crippen molar-refractivity contribution in [3.05, 3.63) is 0 Å². The summed E-state index contributed by atoms with van der Waals surface area (Å²) in [6.07, 6.45) is 2.27. The highest BCUT2D eigenvalue weighted by Crippen LogP contribution is 2.02. The molecule has 2 N–H and O–H groups in total. The predicted molar refractivity (Wildman–Crippen MR) is 51.7 cm³/mol. The van der Waals surface area contributed by atoms with Crippen molar-refractivity contribution in [3.8, 4) is 0 Å². The van der Waals surface area contributed by atoms with E-state index in [4.69, 9.17) is 9.47 Å². The van der Waals surface area contributed by atoms with Crippen LogP contribution in [0.15, 0.2) is 0 Å². The fourth-order valence-electron chi connectivity index (χ4n) is 1.55. The van der Waals surface area contributed by atoms with Crippen molar-refractivity contribution in [2.24, 2.45) is 0 Å². The van der Waals surface area contributed by atoms with E-state index >= 15 is 0 Å². The molecule has 0 spiro atoms. The first-order chi connectivity index (χ1) is 6.36. The maximum Gasteiger partial charge on any atom is 0.169 e. The molecule has 0 radical (unpaired) electrons. The molecule has 0 aromatic heterocycles. The Morgan fingerprint density at radius 1 is 1.31 bits per heavy atom. The maximum absolute atomic E-state index is 5.09. The average molecular weight is 188 g/mol. The number of nitrogens with one attached hydrogen (secondary N) is 2. The van der Waals surface area contributed by atoms with Crippen LogP contribution in [0.3, 0.4) is 0 Å². The Bertz CT molecular complexity index is 123. The summed E-state index contributed by atoms with van der Waals surface area (Å²) >= 11 is 0. The van der Waals surface area contributed by atoms with Gasteiger partial charge < -0.3 is 20.1 Å². The fourth-order valence-corrected chi connectivity index (χ4v) is 1.55. The lowest BCUT2D eigenvalue weighted by Gasteiger charge is -2.25. The lowest BCUT2D eigenvalue weighted by molar-refractivity contribution is -0.100. The molecule has 0 atom stereocenters. The van der Waals surface area contributed by atoms with Gasteiger partial charge >= 0.3 is 0 Å². The van der Waals surface area contributed by atoms with Crippen LogP contribution in [0.4, 0.5) is 0 Å². The third kappa shape index (κ3) is 4.04. The van der Waals surface area contributed by atoms with Gasteiger partial charge in [0, 0.05) is 26.8 Å². The summed E-state index contributed by atoms with van der Waals surface area (Å²) in [5.41, 5.74) is 0. The number of hydrogen-bond donors (Lipinski definition) is 2. The zero-order valence-electron chi connectivity index (χ0n) is 8.51. The molecule has 1 saturated heterocycles. The highest BCUT2D eigenvalue weighted by atomic mass is 16.7. The van der Waals surface area contributed by atoms with Crippen LogP contribution < -0.4 is 10.6 Å². The Morgan fingerprint density at radius 3 is 2.46 bits per heavy atom. The fraction of sp³-hybridized carbons (Fsp3) is 1.00. The summed E-state index contributed by atoms with van der Waals surface area (Å²) in [5.74, 6) is 0. The lowest BCUT2D eigenvalue weighted by atomic mass is 10.1. The number of piperidine rings is 1. The summed E-state index contributed by atoms with van der Waals surface area (Å²) in [6.45, 7) is 3.00. The number of hydrogen-bond acceptors (Lipinski definition) is 4. The molecular formula is C9H20N2O2. The van der Waals surface area contributed by atoms with Crippen molar-refractivity contribution in [2.75, 3.05) is 33.9 Å². The molecule has 0 bridgehead atoms. The van der Waals surface area contributed by atoms with E-state index in [1.165, 1.54) is 12.8 Å². The molecule has 0 saturated carbocycles. The third-order valence-electron chi connectivity index (χ3n) is 2.44. The van der Waals surface area contributed by atoms with Crippen LogP contribution in [0.1, 0.15) is 12.8 Å². The number of methoxy groups -OCH3 is 2. The summed E-state index contributed by atoms with van der Waals surface area (Å²) in [7, 11) is 3.33. The van der Waals surface area contributed by atoms with E-state index in [2.05, 4.69) is 10.6 Å². The predicted octanol–water partition coefficient (Wildman–Crippen LogP) is -0.0531. The third-order valence-corrected chi connectivity index (χ3v) is 2.44.